The van der Waals surface area contributed by atoms with Crippen molar-refractivity contribution in [3.8, 4) is 0 Å². The molecule has 9 heteroatoms. The Labute approximate surface area is 222 Å². The smallest absolute Gasteiger partial charge is 0.152 e. The van der Waals surface area contributed by atoms with Crippen LogP contribution < -0.4 is 9.80 Å². The van der Waals surface area contributed by atoms with Crippen molar-refractivity contribution in [3.05, 3.63) is 29.2 Å². The highest BCUT2D eigenvalue weighted by Gasteiger charge is 2.54. The van der Waals surface area contributed by atoms with E-state index in [9.17, 15) is 10.2 Å². The third-order valence-electron chi connectivity index (χ3n) is 9.20. The lowest BCUT2D eigenvalue weighted by Crippen LogP contribution is -2.56. The van der Waals surface area contributed by atoms with E-state index in [1.807, 2.05) is 19.9 Å². The van der Waals surface area contributed by atoms with Crippen molar-refractivity contribution in [1.29, 1.82) is 0 Å². The fourth-order valence-corrected chi connectivity index (χ4v) is 7.62. The summed E-state index contributed by atoms with van der Waals surface area (Å²) in [6, 6.07) is 1.89. The van der Waals surface area contributed by atoms with Crippen molar-refractivity contribution >= 4 is 35.0 Å². The van der Waals surface area contributed by atoms with E-state index >= 15 is 0 Å². The van der Waals surface area contributed by atoms with Gasteiger partial charge in [0.05, 0.1) is 23.4 Å². The van der Waals surface area contributed by atoms with Crippen LogP contribution >= 0.6 is 23.4 Å². The quantitative estimate of drug-likeness (QED) is 0.545. The number of pyridine rings is 1. The highest BCUT2D eigenvalue weighted by molar-refractivity contribution is 7.99. The topological polar surface area (TPSA) is 85.6 Å². The van der Waals surface area contributed by atoms with Crippen molar-refractivity contribution in [1.82, 2.24) is 15.0 Å². The predicted molar refractivity (Wildman–Crippen MR) is 143 cm³/mol. The molecule has 0 atom stereocenters. The van der Waals surface area contributed by atoms with Gasteiger partial charge in [-0.1, -0.05) is 23.4 Å². The maximum atomic E-state index is 10.2. The molecule has 194 valence electrons. The highest BCUT2D eigenvalue weighted by Crippen LogP contribution is 2.66. The zero-order chi connectivity index (χ0) is 25.1. The summed E-state index contributed by atoms with van der Waals surface area (Å²) in [5, 5.41) is 21.7. The zero-order valence-electron chi connectivity index (χ0n) is 21.2. The molecule has 0 bridgehead atoms. The lowest BCUT2D eigenvalue weighted by molar-refractivity contribution is 0.00438. The van der Waals surface area contributed by atoms with Gasteiger partial charge in [0, 0.05) is 43.2 Å². The van der Waals surface area contributed by atoms with Crippen LogP contribution in [-0.2, 0) is 6.61 Å². The fourth-order valence-electron chi connectivity index (χ4n) is 6.47. The highest BCUT2D eigenvalue weighted by atomic mass is 35.5. The van der Waals surface area contributed by atoms with Gasteiger partial charge in [-0.25, -0.2) is 15.0 Å². The number of hydrogen-bond acceptors (Lipinski definition) is 8. The minimum atomic E-state index is -0.710. The third-order valence-corrected chi connectivity index (χ3v) is 10.6. The summed E-state index contributed by atoms with van der Waals surface area (Å²) in [5.74, 6) is 1.75. The molecular weight excluding hydrogens is 494 g/mol. The largest absolute Gasteiger partial charge is 0.390 e. The molecular formula is C27H36ClN5O2S. The van der Waals surface area contributed by atoms with Crippen LogP contribution in [-0.4, -0.2) is 56.9 Å². The second-order valence-corrected chi connectivity index (χ2v) is 13.5. The van der Waals surface area contributed by atoms with Crippen molar-refractivity contribution < 1.29 is 10.2 Å². The molecule has 4 aliphatic rings. The van der Waals surface area contributed by atoms with Gasteiger partial charge < -0.3 is 20.0 Å². The van der Waals surface area contributed by atoms with Crippen LogP contribution in [0.1, 0.15) is 64.5 Å². The van der Waals surface area contributed by atoms with Gasteiger partial charge in [0.15, 0.2) is 5.82 Å². The Bertz CT molecular complexity index is 1140. The van der Waals surface area contributed by atoms with Crippen LogP contribution in [0.15, 0.2) is 28.4 Å². The molecule has 0 unspecified atom stereocenters. The summed E-state index contributed by atoms with van der Waals surface area (Å²) in [7, 11) is 0. The molecule has 2 aromatic rings. The number of anilines is 2. The number of nitrogens with zero attached hydrogens (tertiary/aromatic N) is 5. The van der Waals surface area contributed by atoms with E-state index in [4.69, 9.17) is 21.6 Å². The molecule has 2 spiro atoms. The van der Waals surface area contributed by atoms with E-state index < -0.39 is 5.60 Å². The Hall–Kier alpha value is -1.61. The molecule has 4 heterocycles. The molecule has 4 fully saturated rings. The SMILES string of the molecule is CC(C)(O)C1CN(c2nccc(Sc3cnc(N4CCC5(CC4)CCC4(CC4)C5)c(CO)n3)c2Cl)C1. The standard InChI is InChI=1S/C27H36ClN5O2S/c1-25(2,35)18-14-33(15-18)24-22(28)20(3-10-29-24)36-21-13-30-23(19(16-34)31-21)32-11-8-27(9-12-32)7-6-26(17-27)4-5-26/h3,10,13,18,34-35H,4-9,11-12,14-17H2,1-2H3. The van der Waals surface area contributed by atoms with Crippen molar-refractivity contribution in [2.24, 2.45) is 16.7 Å². The van der Waals surface area contributed by atoms with Gasteiger partial charge >= 0.3 is 0 Å². The summed E-state index contributed by atoms with van der Waals surface area (Å²) < 4.78 is 0. The van der Waals surface area contributed by atoms with Crippen LogP contribution in [0, 0.1) is 16.7 Å². The summed E-state index contributed by atoms with van der Waals surface area (Å²) >= 11 is 8.19. The Kier molecular flexibility index (Phi) is 6.18. The molecule has 0 aromatic carbocycles. The third kappa shape index (κ3) is 4.59. The number of aliphatic hydroxyl groups is 2. The molecule has 7 nitrogen and oxygen atoms in total. The molecule has 2 saturated carbocycles. The van der Waals surface area contributed by atoms with Crippen LogP contribution in [0.5, 0.6) is 0 Å². The van der Waals surface area contributed by atoms with Gasteiger partial charge in [-0.3, -0.25) is 0 Å². The van der Waals surface area contributed by atoms with Crippen molar-refractivity contribution in [2.45, 2.75) is 80.9 Å². The molecule has 2 N–H and O–H groups in total. The number of rotatable bonds is 6. The van der Waals surface area contributed by atoms with E-state index in [2.05, 4.69) is 14.8 Å². The number of halogens is 1. The lowest BCUT2D eigenvalue weighted by Gasteiger charge is -2.46. The number of aromatic nitrogens is 3. The van der Waals surface area contributed by atoms with E-state index in [0.717, 1.165) is 42.7 Å². The molecule has 2 aliphatic carbocycles. The van der Waals surface area contributed by atoms with Crippen LogP contribution in [0.4, 0.5) is 11.6 Å². The van der Waals surface area contributed by atoms with Gasteiger partial charge in [-0.2, -0.15) is 0 Å². The maximum absolute atomic E-state index is 10.2. The second-order valence-electron chi connectivity index (χ2n) is 12.1. The van der Waals surface area contributed by atoms with Crippen LogP contribution in [0.2, 0.25) is 5.02 Å². The first kappa shape index (κ1) is 24.7. The zero-order valence-corrected chi connectivity index (χ0v) is 22.8. The first-order valence-corrected chi connectivity index (χ1v) is 14.4. The van der Waals surface area contributed by atoms with E-state index in [0.29, 0.717) is 26.6 Å². The molecule has 6 rings (SSSR count). The average molecular weight is 530 g/mol. The number of piperidine rings is 1. The second kappa shape index (κ2) is 9.00. The Morgan fingerprint density at radius 2 is 1.69 bits per heavy atom. The summed E-state index contributed by atoms with van der Waals surface area (Å²) in [5.41, 5.74) is 1.16. The van der Waals surface area contributed by atoms with Crippen molar-refractivity contribution in [2.75, 3.05) is 36.0 Å². The van der Waals surface area contributed by atoms with Gasteiger partial charge in [-0.15, -0.1) is 0 Å². The summed E-state index contributed by atoms with van der Waals surface area (Å²) in [6.07, 6.45) is 13.1. The van der Waals surface area contributed by atoms with Gasteiger partial charge in [0.25, 0.3) is 0 Å². The number of aliphatic hydroxyl groups excluding tert-OH is 1. The van der Waals surface area contributed by atoms with Gasteiger partial charge in [0.2, 0.25) is 0 Å². The van der Waals surface area contributed by atoms with E-state index in [1.165, 1.54) is 56.7 Å². The minimum absolute atomic E-state index is 0.136. The van der Waals surface area contributed by atoms with E-state index in [1.54, 1.807) is 12.4 Å². The Morgan fingerprint density at radius 1 is 1.03 bits per heavy atom. The predicted octanol–water partition coefficient (Wildman–Crippen LogP) is 4.93. The molecule has 0 radical (unpaired) electrons. The van der Waals surface area contributed by atoms with E-state index in [-0.39, 0.29) is 12.5 Å². The first-order valence-electron chi connectivity index (χ1n) is 13.2. The Morgan fingerprint density at radius 3 is 2.31 bits per heavy atom. The van der Waals surface area contributed by atoms with Crippen LogP contribution in [0.3, 0.4) is 0 Å². The van der Waals surface area contributed by atoms with Gasteiger partial charge in [0.1, 0.15) is 16.5 Å². The molecule has 0 amide bonds. The van der Waals surface area contributed by atoms with Gasteiger partial charge in [-0.05, 0) is 75.7 Å². The Balaban J connectivity index is 1.13. The van der Waals surface area contributed by atoms with Crippen LogP contribution in [0.25, 0.3) is 0 Å². The fraction of sp³-hybridized carbons (Fsp3) is 0.667. The average Bonchev–Trinajstić information content (AvgIpc) is 3.48. The molecule has 2 aromatic heterocycles. The normalized spacial score (nSPS) is 22.9. The number of hydrogen-bond donors (Lipinski definition) is 2. The first-order chi connectivity index (χ1) is 17.2. The maximum Gasteiger partial charge on any atom is 0.152 e. The van der Waals surface area contributed by atoms with Crippen molar-refractivity contribution in [3.63, 3.8) is 0 Å². The lowest BCUT2D eigenvalue weighted by atomic mass is 9.76. The summed E-state index contributed by atoms with van der Waals surface area (Å²) in [6.45, 7) is 6.99. The molecule has 36 heavy (non-hydrogen) atoms. The molecule has 2 saturated heterocycles. The molecule has 2 aliphatic heterocycles. The minimum Gasteiger partial charge on any atom is -0.390 e. The summed E-state index contributed by atoms with van der Waals surface area (Å²) in [4.78, 5) is 19.3. The monoisotopic (exact) mass is 529 g/mol.